The van der Waals surface area contributed by atoms with Crippen LogP contribution >= 0.6 is 0 Å². The molecule has 292 valence electrons. The number of aromatic carboxylic acids is 1. The highest BCUT2D eigenvalue weighted by molar-refractivity contribution is 5.84. The summed E-state index contributed by atoms with van der Waals surface area (Å²) in [5.74, 6) is 0.736. The summed E-state index contributed by atoms with van der Waals surface area (Å²) < 4.78 is 4.89. The Labute approximate surface area is 325 Å². The Morgan fingerprint density at radius 1 is 0.946 bits per heavy atom. The van der Waals surface area contributed by atoms with E-state index in [0.717, 1.165) is 73.0 Å². The average Bonchev–Trinajstić information content (AvgIpc) is 3.93. The SMILES string of the molecule is C[C@@H](Cn1cc(C(=O)O)nn1)NC(=O)[C@H](Cc1ccccc1)n1cc(CCCNCC(C)(C)CNc2nn3c(-c4ccccc4)nnc3cc2C2CCC2)nn1. The topological polar surface area (TPSA) is 195 Å². The smallest absolute Gasteiger partial charge is 0.358 e. The highest BCUT2D eigenvalue weighted by Crippen LogP contribution is 2.40. The summed E-state index contributed by atoms with van der Waals surface area (Å²) in [7, 11) is 0. The van der Waals surface area contributed by atoms with Gasteiger partial charge in [-0.15, -0.1) is 25.5 Å². The fourth-order valence-electron chi connectivity index (χ4n) is 6.86. The molecule has 1 aliphatic rings. The molecular weight excluding hydrogens is 711 g/mol. The van der Waals surface area contributed by atoms with Crippen molar-refractivity contribution in [2.45, 2.75) is 83.8 Å². The molecular formula is C40H49N13O3. The third-order valence-electron chi connectivity index (χ3n) is 10.2. The van der Waals surface area contributed by atoms with Gasteiger partial charge in [0.2, 0.25) is 5.91 Å². The highest BCUT2D eigenvalue weighted by atomic mass is 16.4. The van der Waals surface area contributed by atoms with Crippen molar-refractivity contribution in [1.82, 2.24) is 60.4 Å². The fourth-order valence-corrected chi connectivity index (χ4v) is 6.86. The zero-order chi connectivity index (χ0) is 39.1. The van der Waals surface area contributed by atoms with Gasteiger partial charge in [-0.05, 0) is 62.1 Å². The molecule has 4 heterocycles. The van der Waals surface area contributed by atoms with E-state index in [1.807, 2.05) is 78.3 Å². The van der Waals surface area contributed by atoms with Crippen LogP contribution in [0.15, 0.2) is 79.1 Å². The Balaban J connectivity index is 0.921. The van der Waals surface area contributed by atoms with E-state index in [0.29, 0.717) is 18.8 Å². The van der Waals surface area contributed by atoms with Gasteiger partial charge in [-0.25, -0.2) is 14.2 Å². The third kappa shape index (κ3) is 9.42. The van der Waals surface area contributed by atoms with Gasteiger partial charge in [0.1, 0.15) is 6.04 Å². The molecule has 16 nitrogen and oxygen atoms in total. The molecule has 7 rings (SSSR count). The van der Waals surface area contributed by atoms with Crippen LogP contribution in [0.4, 0.5) is 5.82 Å². The number of carbonyl (C=O) groups excluding carboxylic acids is 1. The van der Waals surface area contributed by atoms with Crippen molar-refractivity contribution in [2.24, 2.45) is 5.41 Å². The number of amides is 1. The maximum absolute atomic E-state index is 13.6. The predicted octanol–water partition coefficient (Wildman–Crippen LogP) is 4.59. The van der Waals surface area contributed by atoms with Crippen molar-refractivity contribution in [3.63, 3.8) is 0 Å². The molecule has 0 spiro atoms. The molecule has 16 heteroatoms. The van der Waals surface area contributed by atoms with Crippen LogP contribution in [0.1, 0.15) is 85.7 Å². The van der Waals surface area contributed by atoms with Crippen molar-refractivity contribution < 1.29 is 14.7 Å². The molecule has 56 heavy (non-hydrogen) atoms. The molecule has 1 saturated carbocycles. The second-order valence-corrected chi connectivity index (χ2v) is 15.5. The van der Waals surface area contributed by atoms with Crippen LogP contribution in [-0.2, 0) is 24.2 Å². The summed E-state index contributed by atoms with van der Waals surface area (Å²) in [5.41, 5.74) is 4.55. The van der Waals surface area contributed by atoms with Crippen molar-refractivity contribution in [2.75, 3.05) is 25.0 Å². The number of rotatable bonds is 19. The largest absolute Gasteiger partial charge is 0.476 e. The Kier molecular flexibility index (Phi) is 11.7. The summed E-state index contributed by atoms with van der Waals surface area (Å²) in [5, 5.41) is 49.8. The second kappa shape index (κ2) is 17.2. The van der Waals surface area contributed by atoms with Gasteiger partial charge in [0, 0.05) is 42.9 Å². The maximum Gasteiger partial charge on any atom is 0.358 e. The summed E-state index contributed by atoms with van der Waals surface area (Å²) in [4.78, 5) is 24.8. The van der Waals surface area contributed by atoms with Crippen LogP contribution in [0.2, 0.25) is 0 Å². The minimum atomic E-state index is -1.16. The van der Waals surface area contributed by atoms with E-state index >= 15 is 0 Å². The number of benzene rings is 2. The minimum Gasteiger partial charge on any atom is -0.476 e. The molecule has 4 N–H and O–H groups in total. The lowest BCUT2D eigenvalue weighted by atomic mass is 9.80. The van der Waals surface area contributed by atoms with Crippen molar-refractivity contribution >= 4 is 23.3 Å². The molecule has 1 aliphatic carbocycles. The first kappa shape index (κ1) is 38.3. The number of carbonyl (C=O) groups is 2. The molecule has 2 atom stereocenters. The van der Waals surface area contributed by atoms with Crippen molar-refractivity contribution in [3.05, 3.63) is 102 Å². The summed E-state index contributed by atoms with van der Waals surface area (Å²) in [6.07, 6.45) is 8.74. The van der Waals surface area contributed by atoms with Crippen LogP contribution in [-0.4, -0.2) is 92.5 Å². The number of carboxylic acids is 1. The van der Waals surface area contributed by atoms with Crippen LogP contribution < -0.4 is 16.0 Å². The number of carboxylic acid groups (broad SMARTS) is 1. The van der Waals surface area contributed by atoms with Gasteiger partial charge in [-0.1, -0.05) is 91.4 Å². The number of aromatic nitrogens is 10. The summed E-state index contributed by atoms with van der Waals surface area (Å²) in [6, 6.07) is 21.0. The zero-order valence-electron chi connectivity index (χ0n) is 32.0. The first-order valence-electron chi connectivity index (χ1n) is 19.3. The zero-order valence-corrected chi connectivity index (χ0v) is 32.0. The first-order chi connectivity index (χ1) is 27.1. The van der Waals surface area contributed by atoms with E-state index in [-0.39, 0.29) is 29.6 Å². The van der Waals surface area contributed by atoms with Crippen LogP contribution in [0.25, 0.3) is 17.0 Å². The van der Waals surface area contributed by atoms with Gasteiger partial charge in [0.25, 0.3) is 0 Å². The van der Waals surface area contributed by atoms with Crippen molar-refractivity contribution in [1.29, 1.82) is 0 Å². The normalized spacial score (nSPS) is 14.3. The highest BCUT2D eigenvalue weighted by Gasteiger charge is 2.27. The van der Waals surface area contributed by atoms with Crippen LogP contribution in [0.5, 0.6) is 0 Å². The molecule has 0 saturated heterocycles. The summed E-state index contributed by atoms with van der Waals surface area (Å²) in [6.45, 7) is 8.92. The van der Waals surface area contributed by atoms with Gasteiger partial charge in [0.05, 0.1) is 18.4 Å². The molecule has 1 fully saturated rings. The average molecular weight is 760 g/mol. The molecule has 1 amide bonds. The second-order valence-electron chi connectivity index (χ2n) is 15.5. The maximum atomic E-state index is 13.6. The van der Waals surface area contributed by atoms with Gasteiger partial charge in [-0.3, -0.25) is 4.79 Å². The van der Waals surface area contributed by atoms with E-state index in [1.54, 1.807) is 4.68 Å². The first-order valence-corrected chi connectivity index (χ1v) is 19.3. The Morgan fingerprint density at radius 2 is 1.71 bits per heavy atom. The van der Waals surface area contributed by atoms with Crippen LogP contribution in [0.3, 0.4) is 0 Å². The van der Waals surface area contributed by atoms with E-state index in [1.165, 1.54) is 22.9 Å². The van der Waals surface area contributed by atoms with Gasteiger partial charge < -0.3 is 21.1 Å². The number of anilines is 1. The quantitative estimate of drug-likeness (QED) is 0.0841. The van der Waals surface area contributed by atoms with Gasteiger partial charge >= 0.3 is 5.97 Å². The third-order valence-corrected chi connectivity index (χ3v) is 10.2. The lowest BCUT2D eigenvalue weighted by molar-refractivity contribution is -0.125. The number of nitrogens with zero attached hydrogens (tertiary/aromatic N) is 10. The van der Waals surface area contributed by atoms with Crippen LogP contribution in [0, 0.1) is 5.41 Å². The Morgan fingerprint density at radius 3 is 2.43 bits per heavy atom. The number of nitrogens with one attached hydrogen (secondary N) is 3. The lowest BCUT2D eigenvalue weighted by Gasteiger charge is -2.30. The molecule has 0 radical (unpaired) electrons. The number of hydrogen-bond donors (Lipinski definition) is 4. The lowest BCUT2D eigenvalue weighted by Crippen LogP contribution is -2.41. The fraction of sp³-hybridized carbons (Fsp3) is 0.425. The Bertz CT molecular complexity index is 2230. The minimum absolute atomic E-state index is 0.0618. The molecule has 6 aromatic rings. The number of hydrogen-bond acceptors (Lipinski definition) is 11. The summed E-state index contributed by atoms with van der Waals surface area (Å²) >= 11 is 0. The molecule has 0 aliphatic heterocycles. The van der Waals surface area contributed by atoms with E-state index in [4.69, 9.17) is 10.2 Å². The van der Waals surface area contributed by atoms with E-state index in [9.17, 15) is 9.59 Å². The standard InChI is InChI=1S/C40H49N13O3/c1-27(22-51-24-33(39(55)56)45-49-51)43-38(54)34(20-28-12-6-4-7-13-28)52-23-31(44-50-52)18-11-19-41-25-40(2,3)26-42-36-32(29-16-10-17-29)21-35-46-47-37(53(35)48-36)30-14-8-5-9-15-30/h4-9,12-15,21,23-24,27,29,34,41H,10-11,16-20,22,25-26H2,1-3H3,(H,42,48)(H,43,54)(H,55,56)/t27-,34-/m0/s1. The van der Waals surface area contributed by atoms with E-state index < -0.39 is 12.0 Å². The van der Waals surface area contributed by atoms with Gasteiger partial charge in [-0.2, -0.15) is 4.52 Å². The predicted molar refractivity (Wildman–Crippen MR) is 210 cm³/mol. The Hall–Kier alpha value is -6.03. The van der Waals surface area contributed by atoms with E-state index in [2.05, 4.69) is 66.7 Å². The molecule has 2 aromatic carbocycles. The monoisotopic (exact) mass is 759 g/mol. The molecule has 4 aromatic heterocycles. The number of aryl methyl sites for hydroxylation is 1. The molecule has 0 bridgehead atoms. The van der Waals surface area contributed by atoms with Gasteiger partial charge in [0.15, 0.2) is 23.0 Å². The number of fused-ring (bicyclic) bond motifs is 1. The molecule has 0 unspecified atom stereocenters. The van der Waals surface area contributed by atoms with Crippen molar-refractivity contribution in [3.8, 4) is 11.4 Å².